The van der Waals surface area contributed by atoms with Crippen LogP contribution < -0.4 is 33.0 Å². The SMILES string of the molecule is C#CC#CC#CC#CC#CC#CC#CC#CC#COC(=O)Nc1cc(-n2c(=O)n(-c3ccc(C)c(NCOC)c3)c(=O)n(-c3ccc(C)c(NC(=O)OCC)c3)c2=O)ccc1C. The van der Waals surface area contributed by atoms with Crippen LogP contribution in [-0.4, -0.2) is 46.3 Å². The molecule has 0 aliphatic rings. The minimum absolute atomic E-state index is 0.0144. The normalized spacial score (nSPS) is 8.84. The molecule has 2 amide bonds. The third-order valence-electron chi connectivity index (χ3n) is 7.88. The molecule has 0 aliphatic heterocycles. The van der Waals surface area contributed by atoms with E-state index in [0.717, 1.165) is 19.3 Å². The molecule has 0 bridgehead atoms. The number of benzene rings is 3. The minimum atomic E-state index is -1.05. The van der Waals surface area contributed by atoms with Gasteiger partial charge in [0.1, 0.15) is 12.8 Å². The molecule has 0 fully saturated rings. The number of nitrogens with one attached hydrogen (secondary N) is 3. The maximum Gasteiger partial charge on any atom is 0.425 e. The van der Waals surface area contributed by atoms with Gasteiger partial charge >= 0.3 is 29.3 Å². The molecule has 14 nitrogen and oxygen atoms in total. The first-order valence-electron chi connectivity index (χ1n) is 17.9. The Bertz CT molecular complexity index is 3220. The molecule has 0 atom stereocenters. The van der Waals surface area contributed by atoms with Crippen molar-refractivity contribution in [2.75, 3.05) is 36.4 Å². The molecule has 0 radical (unpaired) electrons. The van der Waals surface area contributed by atoms with Gasteiger partial charge in [-0.1, -0.05) is 18.2 Å². The zero-order chi connectivity index (χ0) is 44.9. The molecular weight excluding hydrogens is 789 g/mol. The Morgan fingerprint density at radius 1 is 0.565 bits per heavy atom. The first-order chi connectivity index (χ1) is 30.0. The van der Waals surface area contributed by atoms with Crippen molar-refractivity contribution in [3.8, 4) is 124 Å². The Balaban J connectivity index is 1.69. The second-order valence-electron chi connectivity index (χ2n) is 11.9. The van der Waals surface area contributed by atoms with Gasteiger partial charge in [-0.15, -0.1) is 6.42 Å². The molecule has 0 aliphatic carbocycles. The zero-order valence-corrected chi connectivity index (χ0v) is 33.8. The number of nitrogens with zero attached hydrogens (tertiary/aromatic N) is 3. The van der Waals surface area contributed by atoms with Crippen molar-refractivity contribution < 1.29 is 23.8 Å². The number of anilines is 3. The van der Waals surface area contributed by atoms with Gasteiger partial charge in [0, 0.05) is 71.5 Å². The van der Waals surface area contributed by atoms with E-state index in [-0.39, 0.29) is 41.8 Å². The highest BCUT2D eigenvalue weighted by Gasteiger charge is 2.22. The number of aryl methyl sites for hydroxylation is 3. The molecule has 0 spiro atoms. The number of carbonyl (C=O) groups is 2. The van der Waals surface area contributed by atoms with E-state index in [1.54, 1.807) is 51.1 Å². The van der Waals surface area contributed by atoms with Crippen molar-refractivity contribution in [1.29, 1.82) is 0 Å². The lowest BCUT2D eigenvalue weighted by Gasteiger charge is -2.17. The molecule has 3 aromatic carbocycles. The number of ether oxygens (including phenoxy) is 3. The van der Waals surface area contributed by atoms with Crippen LogP contribution in [0.2, 0.25) is 0 Å². The second-order valence-corrected chi connectivity index (χ2v) is 11.9. The molecule has 0 unspecified atom stereocenters. The van der Waals surface area contributed by atoms with E-state index < -0.39 is 29.3 Å². The van der Waals surface area contributed by atoms with Gasteiger partial charge in [0.05, 0.1) is 23.7 Å². The molecule has 62 heavy (non-hydrogen) atoms. The summed E-state index contributed by atoms with van der Waals surface area (Å²) >= 11 is 0. The molecular formula is C48H32N6O8. The summed E-state index contributed by atoms with van der Waals surface area (Å²) in [4.78, 5) is 68.1. The number of methoxy groups -OCH3 is 1. The molecule has 14 heteroatoms. The van der Waals surface area contributed by atoms with Crippen molar-refractivity contribution in [3.63, 3.8) is 0 Å². The third-order valence-corrected chi connectivity index (χ3v) is 7.88. The predicted octanol–water partition coefficient (Wildman–Crippen LogP) is 3.82. The van der Waals surface area contributed by atoms with Crippen LogP contribution in [0.25, 0.3) is 17.1 Å². The Morgan fingerprint density at radius 3 is 1.34 bits per heavy atom. The quantitative estimate of drug-likeness (QED) is 0.168. The van der Waals surface area contributed by atoms with Crippen LogP contribution >= 0.6 is 0 Å². The lowest BCUT2D eigenvalue weighted by atomic mass is 10.1. The molecule has 1 heterocycles. The van der Waals surface area contributed by atoms with Crippen LogP contribution in [0.3, 0.4) is 0 Å². The van der Waals surface area contributed by atoms with E-state index in [9.17, 15) is 24.0 Å². The van der Waals surface area contributed by atoms with Crippen molar-refractivity contribution in [1.82, 2.24) is 13.7 Å². The summed E-state index contributed by atoms with van der Waals surface area (Å²) < 4.78 is 17.5. The number of aromatic nitrogens is 3. The fraction of sp³-hybridized carbons (Fsp3) is 0.146. The highest BCUT2D eigenvalue weighted by Crippen LogP contribution is 2.22. The van der Waals surface area contributed by atoms with Gasteiger partial charge < -0.3 is 19.5 Å². The summed E-state index contributed by atoms with van der Waals surface area (Å²) in [6, 6.07) is 13.7. The number of terminal acetylenes is 1. The number of hydrogen-bond donors (Lipinski definition) is 3. The van der Waals surface area contributed by atoms with Gasteiger partial charge in [0.25, 0.3) is 0 Å². The molecule has 0 saturated carbocycles. The maximum atomic E-state index is 14.4. The standard InChI is InChI=1S/C48H32N6O8/c1-7-9-10-11-12-13-14-15-16-17-18-19-20-21-22-23-30-62-45(56)51-43-33-40(29-26-37(43)5)54-47(58)52(38-27-24-35(3)41(31-38)49-34-60-6)46(57)53(48(54)59)39-28-25-36(4)42(32-39)50-44(55)61-8-2/h1,24-29,31-33,49H,8,34H2,2-6H3,(H,50,55)(H,51,56). The van der Waals surface area contributed by atoms with Crippen LogP contribution in [0.15, 0.2) is 69.0 Å². The first kappa shape index (κ1) is 45.1. The highest BCUT2D eigenvalue weighted by molar-refractivity contribution is 5.87. The summed E-state index contributed by atoms with van der Waals surface area (Å²) in [7, 11) is 1.50. The average molecular weight is 821 g/mol. The fourth-order valence-electron chi connectivity index (χ4n) is 5.02. The molecule has 0 saturated heterocycles. The number of amides is 2. The fourth-order valence-corrected chi connectivity index (χ4v) is 5.02. The van der Waals surface area contributed by atoms with Crippen molar-refractivity contribution in [3.05, 3.63) is 103 Å². The van der Waals surface area contributed by atoms with Gasteiger partial charge in [0.2, 0.25) is 0 Å². The van der Waals surface area contributed by atoms with Crippen molar-refractivity contribution >= 4 is 29.2 Å². The first-order valence-corrected chi connectivity index (χ1v) is 17.9. The van der Waals surface area contributed by atoms with Crippen LogP contribution in [0.1, 0.15) is 23.6 Å². The second kappa shape index (κ2) is 23.0. The molecule has 4 rings (SSSR count). The maximum absolute atomic E-state index is 14.4. The summed E-state index contributed by atoms with van der Waals surface area (Å²) in [5.74, 6) is 38.5. The number of rotatable bonds is 9. The van der Waals surface area contributed by atoms with Crippen LogP contribution in [0.5, 0.6) is 0 Å². The van der Waals surface area contributed by atoms with Crippen molar-refractivity contribution in [2.24, 2.45) is 0 Å². The summed E-state index contributed by atoms with van der Waals surface area (Å²) in [5, 5.41) is 8.20. The Kier molecular flexibility index (Phi) is 16.7. The Hall–Kier alpha value is -9.59. The van der Waals surface area contributed by atoms with E-state index in [0.29, 0.717) is 16.8 Å². The van der Waals surface area contributed by atoms with Gasteiger partial charge in [-0.3, -0.25) is 10.6 Å². The van der Waals surface area contributed by atoms with Gasteiger partial charge in [0.15, 0.2) is 0 Å². The zero-order valence-electron chi connectivity index (χ0n) is 33.8. The molecule has 3 N–H and O–H groups in total. The van der Waals surface area contributed by atoms with E-state index >= 15 is 0 Å². The summed E-state index contributed by atoms with van der Waals surface area (Å²) in [6.45, 7) is 7.08. The number of carbonyl (C=O) groups excluding carboxylic acids is 2. The highest BCUT2D eigenvalue weighted by atomic mass is 16.5. The van der Waals surface area contributed by atoms with E-state index in [1.165, 1.54) is 31.4 Å². The van der Waals surface area contributed by atoms with Gasteiger partial charge in [-0.05, 0) is 128 Å². The van der Waals surface area contributed by atoms with Gasteiger partial charge in [-0.2, -0.15) is 0 Å². The van der Waals surface area contributed by atoms with Crippen LogP contribution in [0.4, 0.5) is 26.7 Å². The summed E-state index contributed by atoms with van der Waals surface area (Å²) in [5.41, 5.74) is -0.0484. The van der Waals surface area contributed by atoms with Crippen LogP contribution in [0, 0.1) is 128 Å². The van der Waals surface area contributed by atoms with Gasteiger partial charge in [-0.25, -0.2) is 37.7 Å². The van der Waals surface area contributed by atoms with E-state index in [1.807, 2.05) is 6.92 Å². The average Bonchev–Trinajstić information content (AvgIpc) is 3.24. The summed E-state index contributed by atoms with van der Waals surface area (Å²) in [6.07, 6.45) is 5.36. The lowest BCUT2D eigenvalue weighted by Crippen LogP contribution is -2.52. The van der Waals surface area contributed by atoms with E-state index in [2.05, 4.69) is 117 Å². The van der Waals surface area contributed by atoms with E-state index in [4.69, 9.17) is 20.6 Å². The molecule has 1 aromatic heterocycles. The monoisotopic (exact) mass is 820 g/mol. The largest absolute Gasteiger partial charge is 0.450 e. The Morgan fingerprint density at radius 2 is 0.935 bits per heavy atom. The molecule has 302 valence electrons. The minimum Gasteiger partial charge on any atom is -0.450 e. The Labute approximate surface area is 357 Å². The molecule has 4 aromatic rings. The smallest absolute Gasteiger partial charge is 0.425 e. The topological polar surface area (TPSA) is 164 Å². The lowest BCUT2D eigenvalue weighted by molar-refractivity contribution is 0.168. The predicted molar refractivity (Wildman–Crippen MR) is 235 cm³/mol. The van der Waals surface area contributed by atoms with Crippen molar-refractivity contribution in [2.45, 2.75) is 27.7 Å². The number of hydrogen-bond acceptors (Lipinski definition) is 9. The third kappa shape index (κ3) is 12.5. The van der Waals surface area contributed by atoms with Crippen LogP contribution in [-0.2, 0) is 14.2 Å².